The van der Waals surface area contributed by atoms with E-state index >= 15 is 0 Å². The molecule has 2 N–H and O–H groups in total. The van der Waals surface area contributed by atoms with Crippen LogP contribution in [0.15, 0.2) is 12.1 Å². The number of nitrogens with zero attached hydrogens (tertiary/aromatic N) is 2. The van der Waals surface area contributed by atoms with Gasteiger partial charge in [-0.15, -0.1) is 0 Å². The van der Waals surface area contributed by atoms with Gasteiger partial charge in [0.2, 0.25) is 0 Å². The van der Waals surface area contributed by atoms with Crippen LogP contribution in [0, 0.1) is 11.6 Å². The molecule has 8 heteroatoms. The number of nitrogens with one attached hydrogen (secondary N) is 1. The fraction of sp³-hybridized carbons (Fsp3) is 0.579. The predicted octanol–water partition coefficient (Wildman–Crippen LogP) is 2.53. The Morgan fingerprint density at radius 3 is 2.67 bits per heavy atom. The number of carboxylic acids is 1. The number of rotatable bonds is 5. The smallest absolute Gasteiger partial charge is 0.318 e. The van der Waals surface area contributed by atoms with Crippen molar-refractivity contribution in [3.05, 3.63) is 34.9 Å². The first-order valence-corrected chi connectivity index (χ1v) is 9.31. The number of carbonyl (C=O) groups is 2. The maximum absolute atomic E-state index is 13.9. The Labute approximate surface area is 157 Å². The molecule has 1 fully saturated rings. The van der Waals surface area contributed by atoms with E-state index in [0.29, 0.717) is 43.5 Å². The number of benzene rings is 1. The van der Waals surface area contributed by atoms with Crippen molar-refractivity contribution in [1.82, 2.24) is 15.1 Å². The first kappa shape index (κ1) is 19.5. The van der Waals surface area contributed by atoms with Crippen molar-refractivity contribution in [2.24, 2.45) is 0 Å². The summed E-state index contributed by atoms with van der Waals surface area (Å²) in [6.07, 6.45) is 1.76. The van der Waals surface area contributed by atoms with Crippen molar-refractivity contribution in [1.29, 1.82) is 0 Å². The Kier molecular flexibility index (Phi) is 5.64. The highest BCUT2D eigenvalue weighted by atomic mass is 19.1. The van der Waals surface area contributed by atoms with Gasteiger partial charge in [-0.05, 0) is 49.9 Å². The highest BCUT2D eigenvalue weighted by Gasteiger charge is 2.37. The van der Waals surface area contributed by atoms with Crippen LogP contribution in [-0.2, 0) is 11.2 Å². The average Bonchev–Trinajstić information content (AvgIpc) is 2.56. The lowest BCUT2D eigenvalue weighted by Crippen LogP contribution is -2.57. The van der Waals surface area contributed by atoms with Crippen molar-refractivity contribution in [2.75, 3.05) is 19.6 Å². The third-order valence-electron chi connectivity index (χ3n) is 5.68. The van der Waals surface area contributed by atoms with E-state index in [1.165, 1.54) is 6.07 Å². The SMILES string of the molecule is CCN(CC(=O)O)C1CC(NC(=O)N2CCc3c(F)cc(F)cc3C2C)C1. The third-order valence-corrected chi connectivity index (χ3v) is 5.68. The molecule has 0 spiro atoms. The molecule has 1 saturated carbocycles. The minimum Gasteiger partial charge on any atom is -0.480 e. The van der Waals surface area contributed by atoms with Gasteiger partial charge in [-0.25, -0.2) is 13.6 Å². The highest BCUT2D eigenvalue weighted by Crippen LogP contribution is 2.32. The summed E-state index contributed by atoms with van der Waals surface area (Å²) < 4.78 is 27.5. The second kappa shape index (κ2) is 7.80. The Morgan fingerprint density at radius 1 is 1.33 bits per heavy atom. The van der Waals surface area contributed by atoms with Gasteiger partial charge in [0.1, 0.15) is 11.6 Å². The van der Waals surface area contributed by atoms with E-state index in [1.54, 1.807) is 11.8 Å². The number of amides is 2. The molecule has 3 rings (SSSR count). The van der Waals surface area contributed by atoms with Gasteiger partial charge < -0.3 is 15.3 Å². The van der Waals surface area contributed by atoms with Gasteiger partial charge in [0, 0.05) is 24.7 Å². The molecule has 27 heavy (non-hydrogen) atoms. The molecule has 0 radical (unpaired) electrons. The lowest BCUT2D eigenvalue weighted by atomic mass is 9.85. The van der Waals surface area contributed by atoms with Crippen molar-refractivity contribution >= 4 is 12.0 Å². The molecule has 1 aliphatic heterocycles. The Bertz CT molecular complexity index is 737. The molecule has 0 bridgehead atoms. The van der Waals surface area contributed by atoms with Crippen LogP contribution in [-0.4, -0.2) is 58.6 Å². The first-order chi connectivity index (χ1) is 12.8. The summed E-state index contributed by atoms with van der Waals surface area (Å²) in [6, 6.07) is 1.66. The molecule has 2 amide bonds. The Morgan fingerprint density at radius 2 is 2.04 bits per heavy atom. The van der Waals surface area contributed by atoms with Gasteiger partial charge in [-0.2, -0.15) is 0 Å². The molecule has 1 atom stereocenters. The zero-order chi connectivity index (χ0) is 19.7. The molecule has 0 aromatic heterocycles. The second-order valence-corrected chi connectivity index (χ2v) is 7.30. The first-order valence-electron chi connectivity index (χ1n) is 9.31. The monoisotopic (exact) mass is 381 g/mol. The van der Waals surface area contributed by atoms with Crippen LogP contribution in [0.5, 0.6) is 0 Å². The number of halogens is 2. The lowest BCUT2D eigenvalue weighted by molar-refractivity contribution is -0.139. The van der Waals surface area contributed by atoms with Crippen LogP contribution >= 0.6 is 0 Å². The van der Waals surface area contributed by atoms with Gasteiger partial charge in [0.05, 0.1) is 12.6 Å². The van der Waals surface area contributed by atoms with Gasteiger partial charge in [-0.3, -0.25) is 9.69 Å². The molecule has 1 unspecified atom stereocenters. The summed E-state index contributed by atoms with van der Waals surface area (Å²) in [5, 5.41) is 11.9. The number of carboxylic acid groups (broad SMARTS) is 1. The van der Waals surface area contributed by atoms with E-state index in [2.05, 4.69) is 5.32 Å². The van der Waals surface area contributed by atoms with Gasteiger partial charge in [0.25, 0.3) is 0 Å². The number of fused-ring (bicyclic) bond motifs is 1. The largest absolute Gasteiger partial charge is 0.480 e. The third kappa shape index (κ3) is 4.05. The zero-order valence-electron chi connectivity index (χ0n) is 15.5. The van der Waals surface area contributed by atoms with Crippen molar-refractivity contribution in [2.45, 2.75) is 51.2 Å². The number of likely N-dealkylation sites (N-methyl/N-ethyl adjacent to an activating group) is 1. The standard InChI is InChI=1S/C19H25F2N3O3/c1-3-23(10-18(25)26)14-8-13(9-14)22-19(27)24-5-4-15-16(11(24)2)6-12(20)7-17(15)21/h6-7,11,13-14H,3-5,8-10H2,1-2H3,(H,22,27)(H,25,26). The van der Waals surface area contributed by atoms with Gasteiger partial charge >= 0.3 is 12.0 Å². The quantitative estimate of drug-likeness (QED) is 0.822. The summed E-state index contributed by atoms with van der Waals surface area (Å²) in [7, 11) is 0. The molecular formula is C19H25F2N3O3. The van der Waals surface area contributed by atoms with Crippen LogP contribution in [0.3, 0.4) is 0 Å². The lowest BCUT2D eigenvalue weighted by Gasteiger charge is -2.44. The Balaban J connectivity index is 1.58. The van der Waals surface area contributed by atoms with Crippen LogP contribution < -0.4 is 5.32 Å². The maximum atomic E-state index is 13.9. The summed E-state index contributed by atoms with van der Waals surface area (Å²) >= 11 is 0. The maximum Gasteiger partial charge on any atom is 0.318 e. The van der Waals surface area contributed by atoms with Crippen LogP contribution in [0.25, 0.3) is 0 Å². The van der Waals surface area contributed by atoms with E-state index in [0.717, 1.165) is 6.07 Å². The summed E-state index contributed by atoms with van der Waals surface area (Å²) in [6.45, 7) is 4.71. The fourth-order valence-corrected chi connectivity index (χ4v) is 4.07. The summed E-state index contributed by atoms with van der Waals surface area (Å²) in [5.41, 5.74) is 0.989. The molecule has 148 valence electrons. The predicted molar refractivity (Wildman–Crippen MR) is 95.4 cm³/mol. The molecule has 0 saturated heterocycles. The van der Waals surface area contributed by atoms with Crippen LogP contribution in [0.4, 0.5) is 13.6 Å². The van der Waals surface area contributed by atoms with Crippen molar-refractivity contribution in [3.63, 3.8) is 0 Å². The number of aliphatic carboxylic acids is 1. The minimum atomic E-state index is -0.857. The normalized spacial score (nSPS) is 24.3. The fourth-order valence-electron chi connectivity index (χ4n) is 4.07. The molecule has 1 aromatic carbocycles. The molecule has 1 heterocycles. The summed E-state index contributed by atoms with van der Waals surface area (Å²) in [4.78, 5) is 27.0. The van der Waals surface area contributed by atoms with E-state index in [9.17, 15) is 18.4 Å². The number of hydrogen-bond acceptors (Lipinski definition) is 3. The highest BCUT2D eigenvalue weighted by molar-refractivity contribution is 5.75. The molecule has 1 aliphatic carbocycles. The van der Waals surface area contributed by atoms with Crippen LogP contribution in [0.2, 0.25) is 0 Å². The topological polar surface area (TPSA) is 72.9 Å². The Hall–Kier alpha value is -2.22. The van der Waals surface area contributed by atoms with E-state index < -0.39 is 23.6 Å². The number of urea groups is 1. The van der Waals surface area contributed by atoms with Crippen molar-refractivity contribution < 1.29 is 23.5 Å². The minimum absolute atomic E-state index is 0.00109. The van der Waals surface area contributed by atoms with E-state index in [1.807, 2.05) is 11.8 Å². The number of carbonyl (C=O) groups excluding carboxylic acids is 1. The number of hydrogen-bond donors (Lipinski definition) is 2. The molecule has 2 aliphatic rings. The van der Waals surface area contributed by atoms with Crippen LogP contribution in [0.1, 0.15) is 43.9 Å². The van der Waals surface area contributed by atoms with Gasteiger partial charge in [0.15, 0.2) is 0 Å². The molecule has 6 nitrogen and oxygen atoms in total. The summed E-state index contributed by atoms with van der Waals surface area (Å²) in [5.74, 6) is -2.05. The van der Waals surface area contributed by atoms with Crippen molar-refractivity contribution in [3.8, 4) is 0 Å². The van der Waals surface area contributed by atoms with E-state index in [-0.39, 0.29) is 24.7 Å². The van der Waals surface area contributed by atoms with E-state index in [4.69, 9.17) is 5.11 Å². The van der Waals surface area contributed by atoms with Gasteiger partial charge in [-0.1, -0.05) is 6.92 Å². The average molecular weight is 381 g/mol. The molecular weight excluding hydrogens is 356 g/mol. The second-order valence-electron chi connectivity index (χ2n) is 7.30. The zero-order valence-corrected chi connectivity index (χ0v) is 15.5. The molecule has 1 aromatic rings.